The van der Waals surface area contributed by atoms with Crippen molar-refractivity contribution in [2.24, 2.45) is 0 Å². The molecule has 0 fully saturated rings. The van der Waals surface area contributed by atoms with Crippen molar-refractivity contribution in [3.05, 3.63) is 45.2 Å². The fraction of sp³-hybridized carbons (Fsp3) is 0.143. The van der Waals surface area contributed by atoms with Gasteiger partial charge in [0.1, 0.15) is 4.70 Å². The van der Waals surface area contributed by atoms with Crippen molar-refractivity contribution in [2.45, 2.75) is 0 Å². The van der Waals surface area contributed by atoms with Crippen LogP contribution in [-0.4, -0.2) is 19.2 Å². The second kappa shape index (κ2) is 5.10. The SMILES string of the molecule is COc1ccc(-c2cc3[nH]c(=O)oc(=O)c3s2)cc1OC. The van der Waals surface area contributed by atoms with E-state index < -0.39 is 11.4 Å². The quantitative estimate of drug-likeness (QED) is 0.802. The molecule has 21 heavy (non-hydrogen) atoms. The van der Waals surface area contributed by atoms with E-state index in [-0.39, 0.29) is 0 Å². The number of nitrogens with one attached hydrogen (secondary N) is 1. The second-order valence-electron chi connectivity index (χ2n) is 4.23. The number of hydrogen-bond acceptors (Lipinski definition) is 6. The molecule has 3 rings (SSSR count). The van der Waals surface area contributed by atoms with Crippen molar-refractivity contribution in [1.82, 2.24) is 4.98 Å². The highest BCUT2D eigenvalue weighted by atomic mass is 32.1. The zero-order valence-corrected chi connectivity index (χ0v) is 12.1. The topological polar surface area (TPSA) is 81.5 Å². The number of rotatable bonds is 3. The van der Waals surface area contributed by atoms with E-state index in [2.05, 4.69) is 9.40 Å². The van der Waals surface area contributed by atoms with Crippen LogP contribution in [0.5, 0.6) is 11.5 Å². The number of hydrogen-bond donors (Lipinski definition) is 1. The third-order valence-electron chi connectivity index (χ3n) is 3.01. The van der Waals surface area contributed by atoms with E-state index in [1.54, 1.807) is 26.4 Å². The molecule has 108 valence electrons. The van der Waals surface area contributed by atoms with Crippen molar-refractivity contribution < 1.29 is 13.9 Å². The Morgan fingerprint density at radius 1 is 1.10 bits per heavy atom. The van der Waals surface area contributed by atoms with Gasteiger partial charge in [0.15, 0.2) is 11.5 Å². The molecule has 0 radical (unpaired) electrons. The summed E-state index contributed by atoms with van der Waals surface area (Å²) in [6.07, 6.45) is 0. The van der Waals surface area contributed by atoms with Crippen LogP contribution in [0.3, 0.4) is 0 Å². The maximum Gasteiger partial charge on any atom is 0.419 e. The van der Waals surface area contributed by atoms with Gasteiger partial charge in [-0.25, -0.2) is 9.59 Å². The second-order valence-corrected chi connectivity index (χ2v) is 5.28. The standard InChI is InChI=1S/C14H11NO5S/c1-18-9-4-3-7(5-10(9)19-2)11-6-8-12(21-11)13(16)20-14(17)15-8/h3-6H,1-2H3,(H,15,17). The summed E-state index contributed by atoms with van der Waals surface area (Å²) in [5, 5.41) is 0. The first-order valence-electron chi connectivity index (χ1n) is 6.01. The summed E-state index contributed by atoms with van der Waals surface area (Å²) in [7, 11) is 3.12. The first kappa shape index (κ1) is 13.4. The average Bonchev–Trinajstić information content (AvgIpc) is 2.90. The fourth-order valence-electron chi connectivity index (χ4n) is 2.03. The monoisotopic (exact) mass is 305 g/mol. The number of H-pyrrole nitrogens is 1. The molecule has 0 aliphatic carbocycles. The van der Waals surface area contributed by atoms with E-state index in [1.807, 2.05) is 12.1 Å². The third kappa shape index (κ3) is 2.31. The van der Waals surface area contributed by atoms with Gasteiger partial charge < -0.3 is 13.9 Å². The fourth-order valence-corrected chi connectivity index (χ4v) is 3.02. The first-order valence-corrected chi connectivity index (χ1v) is 6.83. The normalized spacial score (nSPS) is 10.8. The van der Waals surface area contributed by atoms with Gasteiger partial charge >= 0.3 is 11.4 Å². The molecule has 6 nitrogen and oxygen atoms in total. The molecule has 1 N–H and O–H groups in total. The van der Waals surface area contributed by atoms with Gasteiger partial charge in [0.05, 0.1) is 19.7 Å². The molecule has 2 aromatic heterocycles. The van der Waals surface area contributed by atoms with E-state index in [4.69, 9.17) is 9.47 Å². The summed E-state index contributed by atoms with van der Waals surface area (Å²) >= 11 is 1.25. The van der Waals surface area contributed by atoms with Gasteiger partial charge in [0, 0.05) is 4.88 Å². The summed E-state index contributed by atoms with van der Waals surface area (Å²) in [6.45, 7) is 0. The molecule has 0 bridgehead atoms. The van der Waals surface area contributed by atoms with Crippen LogP contribution in [0, 0.1) is 0 Å². The number of thiophene rings is 1. The lowest BCUT2D eigenvalue weighted by Crippen LogP contribution is -2.12. The minimum absolute atomic E-state index is 0.374. The van der Waals surface area contributed by atoms with Crippen LogP contribution >= 0.6 is 11.3 Å². The molecule has 0 atom stereocenters. The lowest BCUT2D eigenvalue weighted by molar-refractivity contribution is 0.355. The Hall–Kier alpha value is -2.54. The van der Waals surface area contributed by atoms with Crippen LogP contribution in [0.4, 0.5) is 0 Å². The number of aromatic nitrogens is 1. The molecular weight excluding hydrogens is 294 g/mol. The van der Waals surface area contributed by atoms with Gasteiger partial charge in [-0.15, -0.1) is 11.3 Å². The summed E-state index contributed by atoms with van der Waals surface area (Å²) < 4.78 is 15.3. The van der Waals surface area contributed by atoms with Gasteiger partial charge in [0.2, 0.25) is 0 Å². The number of ether oxygens (including phenoxy) is 2. The highest BCUT2D eigenvalue weighted by Gasteiger charge is 2.12. The van der Waals surface area contributed by atoms with Crippen LogP contribution in [0.25, 0.3) is 20.7 Å². The van der Waals surface area contributed by atoms with E-state index in [0.717, 1.165) is 10.4 Å². The third-order valence-corrected chi connectivity index (χ3v) is 4.17. The minimum Gasteiger partial charge on any atom is -0.493 e. The molecule has 0 amide bonds. The maximum atomic E-state index is 11.6. The molecular formula is C14H11NO5S. The predicted molar refractivity (Wildman–Crippen MR) is 79.5 cm³/mol. The largest absolute Gasteiger partial charge is 0.493 e. The maximum absolute atomic E-state index is 11.6. The Labute approximate surface area is 122 Å². The molecule has 0 unspecified atom stereocenters. The Morgan fingerprint density at radius 3 is 2.57 bits per heavy atom. The molecule has 0 spiro atoms. The summed E-state index contributed by atoms with van der Waals surface area (Å²) in [5.74, 6) is 0.451. The van der Waals surface area contributed by atoms with Crippen LogP contribution in [-0.2, 0) is 0 Å². The van der Waals surface area contributed by atoms with E-state index in [9.17, 15) is 9.59 Å². The van der Waals surface area contributed by atoms with E-state index in [0.29, 0.717) is 21.7 Å². The van der Waals surface area contributed by atoms with Crippen molar-refractivity contribution in [2.75, 3.05) is 14.2 Å². The molecule has 1 aromatic carbocycles. The zero-order chi connectivity index (χ0) is 15.0. The first-order chi connectivity index (χ1) is 10.1. The highest BCUT2D eigenvalue weighted by Crippen LogP contribution is 2.36. The molecule has 3 aromatic rings. The van der Waals surface area contributed by atoms with E-state index >= 15 is 0 Å². The lowest BCUT2D eigenvalue weighted by Gasteiger charge is -2.08. The summed E-state index contributed by atoms with van der Waals surface area (Å²) in [4.78, 5) is 26.2. The van der Waals surface area contributed by atoms with Crippen LogP contribution in [0.2, 0.25) is 0 Å². The van der Waals surface area contributed by atoms with Gasteiger partial charge in [-0.05, 0) is 29.8 Å². The lowest BCUT2D eigenvalue weighted by atomic mass is 10.1. The number of benzene rings is 1. The number of aromatic amines is 1. The Kier molecular flexibility index (Phi) is 3.26. The Bertz CT molecular complexity index is 921. The van der Waals surface area contributed by atoms with Gasteiger partial charge in [-0.2, -0.15) is 0 Å². The molecule has 0 aliphatic rings. The predicted octanol–water partition coefficient (Wildman–Crippen LogP) is 2.23. The van der Waals surface area contributed by atoms with Crippen LogP contribution in [0.15, 0.2) is 38.3 Å². The Balaban J connectivity index is 2.19. The Morgan fingerprint density at radius 2 is 1.86 bits per heavy atom. The van der Waals surface area contributed by atoms with Crippen LogP contribution in [0.1, 0.15) is 0 Å². The molecule has 0 saturated heterocycles. The smallest absolute Gasteiger partial charge is 0.419 e. The zero-order valence-electron chi connectivity index (χ0n) is 11.3. The summed E-state index contributed by atoms with van der Waals surface area (Å²) in [5.41, 5.74) is 0.686. The van der Waals surface area contributed by atoms with E-state index in [1.165, 1.54) is 11.3 Å². The average molecular weight is 305 g/mol. The molecule has 2 heterocycles. The van der Waals surface area contributed by atoms with Gasteiger partial charge in [-0.3, -0.25) is 4.98 Å². The number of fused-ring (bicyclic) bond motifs is 1. The van der Waals surface area contributed by atoms with Gasteiger partial charge in [-0.1, -0.05) is 0 Å². The summed E-state index contributed by atoms with van der Waals surface area (Å²) in [6, 6.07) is 7.18. The van der Waals surface area contributed by atoms with Gasteiger partial charge in [0.25, 0.3) is 0 Å². The minimum atomic E-state index is -0.760. The van der Waals surface area contributed by atoms with Crippen molar-refractivity contribution in [1.29, 1.82) is 0 Å². The van der Waals surface area contributed by atoms with Crippen molar-refractivity contribution in [3.8, 4) is 21.9 Å². The number of methoxy groups -OCH3 is 2. The molecule has 0 aliphatic heterocycles. The molecule has 0 saturated carbocycles. The van der Waals surface area contributed by atoms with Crippen molar-refractivity contribution >= 4 is 21.6 Å². The van der Waals surface area contributed by atoms with Crippen LogP contribution < -0.4 is 20.9 Å². The van der Waals surface area contributed by atoms with Crippen molar-refractivity contribution in [3.63, 3.8) is 0 Å². The highest BCUT2D eigenvalue weighted by molar-refractivity contribution is 7.22. The molecule has 7 heteroatoms.